The van der Waals surface area contributed by atoms with Crippen LogP contribution >= 0.6 is 0 Å². The highest BCUT2D eigenvalue weighted by Crippen LogP contribution is 2.24. The Balaban J connectivity index is 1.41. The molecule has 0 aliphatic carbocycles. The zero-order chi connectivity index (χ0) is 21.5. The first-order valence-corrected chi connectivity index (χ1v) is 11.2. The predicted molar refractivity (Wildman–Crippen MR) is 125 cm³/mol. The lowest BCUT2D eigenvalue weighted by molar-refractivity contribution is 0.0938. The Labute approximate surface area is 184 Å². The van der Waals surface area contributed by atoms with Crippen LogP contribution in [0.15, 0.2) is 67.0 Å². The van der Waals surface area contributed by atoms with Gasteiger partial charge in [0.15, 0.2) is 0 Å². The summed E-state index contributed by atoms with van der Waals surface area (Å²) >= 11 is 0. The fraction of sp³-hybridized carbons (Fsp3) is 0.346. The fourth-order valence-electron chi connectivity index (χ4n) is 4.03. The van der Waals surface area contributed by atoms with Crippen molar-refractivity contribution in [1.82, 2.24) is 15.3 Å². The summed E-state index contributed by atoms with van der Waals surface area (Å²) < 4.78 is 0. The third-order valence-corrected chi connectivity index (χ3v) is 5.84. The zero-order valence-corrected chi connectivity index (χ0v) is 18.1. The number of anilines is 1. The van der Waals surface area contributed by atoms with Crippen LogP contribution in [0.3, 0.4) is 0 Å². The highest BCUT2D eigenvalue weighted by Gasteiger charge is 2.15. The van der Waals surface area contributed by atoms with Gasteiger partial charge in [-0.2, -0.15) is 0 Å². The third kappa shape index (κ3) is 5.69. The van der Waals surface area contributed by atoms with E-state index in [2.05, 4.69) is 39.2 Å². The summed E-state index contributed by atoms with van der Waals surface area (Å²) in [6, 6.07) is 20.2. The van der Waals surface area contributed by atoms with Crippen molar-refractivity contribution in [3.63, 3.8) is 0 Å². The van der Waals surface area contributed by atoms with Gasteiger partial charge in [-0.15, -0.1) is 0 Å². The molecule has 5 nitrogen and oxygen atoms in total. The van der Waals surface area contributed by atoms with E-state index in [0.29, 0.717) is 5.56 Å². The lowest BCUT2D eigenvalue weighted by Gasteiger charge is -2.27. The van der Waals surface area contributed by atoms with Crippen molar-refractivity contribution < 1.29 is 4.79 Å². The van der Waals surface area contributed by atoms with Gasteiger partial charge in [-0.1, -0.05) is 42.5 Å². The molecule has 3 aromatic rings. The van der Waals surface area contributed by atoms with E-state index in [1.165, 1.54) is 24.8 Å². The van der Waals surface area contributed by atoms with Crippen molar-refractivity contribution in [3.8, 4) is 11.3 Å². The number of aromatic nitrogens is 2. The molecule has 0 unspecified atom stereocenters. The van der Waals surface area contributed by atoms with E-state index in [1.54, 1.807) is 6.33 Å². The van der Waals surface area contributed by atoms with Crippen LogP contribution in [0.2, 0.25) is 0 Å². The molecule has 0 spiro atoms. The minimum absolute atomic E-state index is 0.0484. The zero-order valence-electron chi connectivity index (χ0n) is 18.1. The molecule has 0 saturated carbocycles. The van der Waals surface area contributed by atoms with Crippen LogP contribution in [-0.4, -0.2) is 35.0 Å². The Morgan fingerprint density at radius 2 is 1.81 bits per heavy atom. The summed E-state index contributed by atoms with van der Waals surface area (Å²) in [5.41, 5.74) is 3.73. The Kier molecular flexibility index (Phi) is 6.92. The molecule has 0 radical (unpaired) electrons. The number of rotatable bonds is 7. The molecule has 1 aliphatic heterocycles. The number of aryl methyl sites for hydroxylation is 1. The summed E-state index contributed by atoms with van der Waals surface area (Å²) in [5.74, 6) is 0.918. The van der Waals surface area contributed by atoms with Crippen LogP contribution in [-0.2, 0) is 6.42 Å². The molecule has 31 heavy (non-hydrogen) atoms. The van der Waals surface area contributed by atoms with Gasteiger partial charge in [-0.3, -0.25) is 4.79 Å². The standard InChI is InChI=1S/C26H30N4O/c1-20(13-14-21-9-4-2-5-10-21)29-26(31)23-12-8-11-22(17-23)24-18-25(28-19-27-24)30-15-6-3-7-16-30/h2,4-5,8-12,17-20H,3,6-7,13-16H2,1H3,(H,29,31)/t20-/m0/s1. The Hall–Kier alpha value is -3.21. The molecule has 1 aliphatic rings. The van der Waals surface area contributed by atoms with Crippen LogP contribution in [0, 0.1) is 0 Å². The lowest BCUT2D eigenvalue weighted by Crippen LogP contribution is -2.32. The number of nitrogens with one attached hydrogen (secondary N) is 1. The molecule has 1 N–H and O–H groups in total. The minimum Gasteiger partial charge on any atom is -0.357 e. The van der Waals surface area contributed by atoms with E-state index in [-0.39, 0.29) is 11.9 Å². The fourth-order valence-corrected chi connectivity index (χ4v) is 4.03. The second-order valence-corrected chi connectivity index (χ2v) is 8.29. The predicted octanol–water partition coefficient (Wildman–Crippen LogP) is 4.89. The largest absolute Gasteiger partial charge is 0.357 e. The molecular formula is C26H30N4O. The van der Waals surface area contributed by atoms with Crippen molar-refractivity contribution >= 4 is 11.7 Å². The van der Waals surface area contributed by atoms with E-state index < -0.39 is 0 Å². The van der Waals surface area contributed by atoms with Gasteiger partial charge in [-0.25, -0.2) is 9.97 Å². The molecule has 5 heteroatoms. The molecule has 2 aromatic carbocycles. The maximum Gasteiger partial charge on any atom is 0.251 e. The van der Waals surface area contributed by atoms with E-state index in [1.807, 2.05) is 48.5 Å². The van der Waals surface area contributed by atoms with Gasteiger partial charge in [0.2, 0.25) is 0 Å². The van der Waals surface area contributed by atoms with E-state index >= 15 is 0 Å². The number of amides is 1. The van der Waals surface area contributed by atoms with Crippen molar-refractivity contribution in [2.24, 2.45) is 0 Å². The minimum atomic E-state index is -0.0484. The van der Waals surface area contributed by atoms with Crippen LogP contribution in [0.25, 0.3) is 11.3 Å². The number of piperidine rings is 1. The molecule has 0 bridgehead atoms. The molecular weight excluding hydrogens is 384 g/mol. The summed E-state index contributed by atoms with van der Waals surface area (Å²) in [4.78, 5) is 24.1. The maximum absolute atomic E-state index is 12.8. The molecule has 4 rings (SSSR count). The van der Waals surface area contributed by atoms with Gasteiger partial charge >= 0.3 is 0 Å². The Morgan fingerprint density at radius 3 is 2.61 bits per heavy atom. The van der Waals surface area contributed by atoms with Crippen molar-refractivity contribution in [2.75, 3.05) is 18.0 Å². The summed E-state index contributed by atoms with van der Waals surface area (Å²) in [6.45, 7) is 4.14. The second kappa shape index (κ2) is 10.2. The van der Waals surface area contributed by atoms with Crippen molar-refractivity contribution in [2.45, 2.75) is 45.1 Å². The summed E-state index contributed by atoms with van der Waals surface area (Å²) in [5, 5.41) is 3.13. The molecule has 2 heterocycles. The maximum atomic E-state index is 12.8. The van der Waals surface area contributed by atoms with Crippen molar-refractivity contribution in [3.05, 3.63) is 78.1 Å². The quantitative estimate of drug-likeness (QED) is 0.598. The lowest BCUT2D eigenvalue weighted by atomic mass is 10.0. The number of hydrogen-bond acceptors (Lipinski definition) is 4. The number of carbonyl (C=O) groups is 1. The molecule has 1 atom stereocenters. The first-order chi connectivity index (χ1) is 15.2. The van der Waals surface area contributed by atoms with Gasteiger partial charge in [0.1, 0.15) is 12.1 Å². The number of nitrogens with zero attached hydrogens (tertiary/aromatic N) is 3. The van der Waals surface area contributed by atoms with Crippen LogP contribution in [0.5, 0.6) is 0 Å². The van der Waals surface area contributed by atoms with E-state index in [0.717, 1.165) is 43.0 Å². The SMILES string of the molecule is C[C@@H](CCc1ccccc1)NC(=O)c1cccc(-c2cc(N3CCCCC3)ncn2)c1. The summed E-state index contributed by atoms with van der Waals surface area (Å²) in [7, 11) is 0. The van der Waals surface area contributed by atoms with Crippen LogP contribution in [0.1, 0.15) is 48.5 Å². The van der Waals surface area contributed by atoms with E-state index in [4.69, 9.17) is 0 Å². The Morgan fingerprint density at radius 1 is 1.00 bits per heavy atom. The monoisotopic (exact) mass is 414 g/mol. The van der Waals surface area contributed by atoms with Gasteiger partial charge in [0.05, 0.1) is 5.69 Å². The molecule has 1 fully saturated rings. The van der Waals surface area contributed by atoms with Gasteiger partial charge in [-0.05, 0) is 56.7 Å². The van der Waals surface area contributed by atoms with E-state index in [9.17, 15) is 4.79 Å². The van der Waals surface area contributed by atoms with Gasteiger partial charge in [0.25, 0.3) is 5.91 Å². The van der Waals surface area contributed by atoms with Gasteiger partial charge in [0, 0.05) is 36.3 Å². The smallest absolute Gasteiger partial charge is 0.251 e. The summed E-state index contributed by atoms with van der Waals surface area (Å²) in [6.07, 6.45) is 7.17. The number of carbonyl (C=O) groups excluding carboxylic acids is 1. The molecule has 1 amide bonds. The van der Waals surface area contributed by atoms with Crippen LogP contribution in [0.4, 0.5) is 5.82 Å². The molecule has 160 valence electrons. The first-order valence-electron chi connectivity index (χ1n) is 11.2. The highest BCUT2D eigenvalue weighted by atomic mass is 16.1. The third-order valence-electron chi connectivity index (χ3n) is 5.84. The average molecular weight is 415 g/mol. The normalized spacial score (nSPS) is 14.8. The van der Waals surface area contributed by atoms with Crippen LogP contribution < -0.4 is 10.2 Å². The molecule has 1 saturated heterocycles. The topological polar surface area (TPSA) is 58.1 Å². The Bertz CT molecular complexity index is 999. The van der Waals surface area contributed by atoms with Crippen molar-refractivity contribution in [1.29, 1.82) is 0 Å². The number of benzene rings is 2. The average Bonchev–Trinajstić information content (AvgIpc) is 2.84. The number of hydrogen-bond donors (Lipinski definition) is 1. The highest BCUT2D eigenvalue weighted by molar-refractivity contribution is 5.95. The second-order valence-electron chi connectivity index (χ2n) is 8.29. The van der Waals surface area contributed by atoms with Gasteiger partial charge < -0.3 is 10.2 Å². The molecule has 1 aromatic heterocycles. The first kappa shape index (κ1) is 21.0.